The Hall–Kier alpha value is -2.46. The maximum absolute atomic E-state index is 4.69. The van der Waals surface area contributed by atoms with Gasteiger partial charge in [-0.15, -0.1) is 0 Å². The summed E-state index contributed by atoms with van der Waals surface area (Å²) in [6, 6.07) is 15.2. The van der Waals surface area contributed by atoms with Crippen molar-refractivity contribution in [2.24, 2.45) is 10.9 Å². The highest BCUT2D eigenvalue weighted by Gasteiger charge is 2.17. The molecule has 2 aliphatic rings. The number of rotatable bonds is 3. The van der Waals surface area contributed by atoms with Gasteiger partial charge >= 0.3 is 0 Å². The van der Waals surface area contributed by atoms with Gasteiger partial charge in [0, 0.05) is 11.1 Å². The third-order valence-electron chi connectivity index (χ3n) is 5.36. The van der Waals surface area contributed by atoms with Crippen LogP contribution in [0.5, 0.6) is 0 Å². The Morgan fingerprint density at radius 3 is 2.46 bits per heavy atom. The lowest BCUT2D eigenvalue weighted by Crippen LogP contribution is -2.13. The predicted molar refractivity (Wildman–Crippen MR) is 111 cm³/mol. The average molecular weight is 356 g/mol. The van der Waals surface area contributed by atoms with E-state index in [0.29, 0.717) is 0 Å². The van der Waals surface area contributed by atoms with Crippen LogP contribution < -0.4 is 0 Å². The highest BCUT2D eigenvalue weighted by molar-refractivity contribution is 7.78. The monoisotopic (exact) mass is 355 g/mol. The van der Waals surface area contributed by atoms with E-state index in [0.717, 1.165) is 35.6 Å². The van der Waals surface area contributed by atoms with Crippen LogP contribution in [0.2, 0.25) is 0 Å². The smallest absolute Gasteiger partial charge is 0.0637 e. The molecule has 1 saturated carbocycles. The molecule has 26 heavy (non-hydrogen) atoms. The number of nitrogens with zero attached hydrogens (tertiary/aromatic N) is 1. The van der Waals surface area contributed by atoms with Crippen LogP contribution in [-0.2, 0) is 12.8 Å². The lowest BCUT2D eigenvalue weighted by Gasteiger charge is -2.25. The van der Waals surface area contributed by atoms with Gasteiger partial charge in [-0.25, -0.2) is 0 Å². The van der Waals surface area contributed by atoms with Crippen LogP contribution in [-0.4, -0.2) is 5.16 Å². The number of aliphatic imine (C=N–C) groups is 1. The zero-order valence-electron chi connectivity index (χ0n) is 14.8. The molecule has 0 saturated heterocycles. The highest BCUT2D eigenvalue weighted by Crippen LogP contribution is 2.29. The molecule has 2 aromatic rings. The summed E-state index contributed by atoms with van der Waals surface area (Å²) < 4.78 is 0. The van der Waals surface area contributed by atoms with Gasteiger partial charge in [0.05, 0.1) is 10.9 Å². The van der Waals surface area contributed by atoms with E-state index in [1.165, 1.54) is 42.4 Å². The minimum absolute atomic E-state index is 0.909. The second-order valence-electron chi connectivity index (χ2n) is 7.20. The SMILES string of the molecule is S=C=NC1=Cc2ccc(C#Cc3ccc(CC4CCC4)cc3)cc2CC1. The molecule has 0 amide bonds. The molecule has 0 spiro atoms. The fraction of sp³-hybridized carbons (Fsp3) is 0.292. The number of fused-ring (bicyclic) bond motifs is 1. The fourth-order valence-corrected chi connectivity index (χ4v) is 3.72. The zero-order chi connectivity index (χ0) is 17.8. The number of aryl methyl sites for hydroxylation is 1. The average Bonchev–Trinajstić information content (AvgIpc) is 2.64. The van der Waals surface area contributed by atoms with Crippen LogP contribution >= 0.6 is 12.2 Å². The Morgan fingerprint density at radius 2 is 1.73 bits per heavy atom. The van der Waals surface area contributed by atoms with Crippen LogP contribution in [0.15, 0.2) is 53.2 Å². The van der Waals surface area contributed by atoms with Crippen molar-refractivity contribution in [3.63, 3.8) is 0 Å². The summed E-state index contributed by atoms with van der Waals surface area (Å²) in [4.78, 5) is 4.11. The lowest BCUT2D eigenvalue weighted by molar-refractivity contribution is 0.314. The molecule has 0 unspecified atom stereocenters. The summed E-state index contributed by atoms with van der Waals surface area (Å²) in [6.07, 6.45) is 9.41. The van der Waals surface area contributed by atoms with Crippen molar-refractivity contribution in [1.82, 2.24) is 0 Å². The van der Waals surface area contributed by atoms with E-state index in [2.05, 4.69) is 70.5 Å². The van der Waals surface area contributed by atoms with Crippen LogP contribution in [0.1, 0.15) is 53.5 Å². The lowest BCUT2D eigenvalue weighted by atomic mass is 9.81. The van der Waals surface area contributed by atoms with E-state index in [-0.39, 0.29) is 0 Å². The quantitative estimate of drug-likeness (QED) is 0.384. The first-order valence-electron chi connectivity index (χ1n) is 9.32. The molecule has 1 fully saturated rings. The van der Waals surface area contributed by atoms with Crippen molar-refractivity contribution >= 4 is 23.5 Å². The van der Waals surface area contributed by atoms with Gasteiger partial charge in [0.2, 0.25) is 0 Å². The first kappa shape index (κ1) is 17.0. The second kappa shape index (κ2) is 7.83. The van der Waals surface area contributed by atoms with Gasteiger partial charge in [-0.3, -0.25) is 0 Å². The van der Waals surface area contributed by atoms with Crippen LogP contribution in [0.25, 0.3) is 6.08 Å². The standard InChI is InChI=1S/C24H21NS/c26-17-25-24-13-12-22-15-21(10-11-23(22)16-24)9-6-18-4-7-20(8-5-18)14-19-2-1-3-19/h4-5,7-8,10-11,15-16,19H,1-3,12-14H2. The largest absolute Gasteiger partial charge is 0.199 e. The van der Waals surface area contributed by atoms with Crippen LogP contribution in [0.3, 0.4) is 0 Å². The maximum atomic E-state index is 4.69. The summed E-state index contributed by atoms with van der Waals surface area (Å²) in [7, 11) is 0. The molecule has 128 valence electrons. The van der Waals surface area contributed by atoms with E-state index in [1.54, 1.807) is 0 Å². The van der Waals surface area contributed by atoms with Crippen molar-refractivity contribution in [3.05, 3.63) is 76.0 Å². The number of thiocarbonyl (C=S) groups is 1. The molecule has 1 nitrogen and oxygen atoms in total. The molecule has 0 bridgehead atoms. The van der Waals surface area contributed by atoms with E-state index in [4.69, 9.17) is 12.2 Å². The third kappa shape index (κ3) is 4.02. The zero-order valence-corrected chi connectivity index (χ0v) is 15.6. The van der Waals surface area contributed by atoms with Crippen LogP contribution in [0, 0.1) is 17.8 Å². The number of hydrogen-bond donors (Lipinski definition) is 0. The summed E-state index contributed by atoms with van der Waals surface area (Å²) in [5.41, 5.74) is 7.14. The Labute approximate surface area is 160 Å². The summed E-state index contributed by atoms with van der Waals surface area (Å²) in [6.45, 7) is 0. The molecule has 2 aromatic carbocycles. The van der Waals surface area contributed by atoms with E-state index >= 15 is 0 Å². The molecule has 0 heterocycles. The molecule has 0 radical (unpaired) electrons. The molecule has 0 aliphatic heterocycles. The normalized spacial score (nSPS) is 15.6. The first-order chi connectivity index (χ1) is 12.8. The fourth-order valence-electron chi connectivity index (χ4n) is 3.60. The highest BCUT2D eigenvalue weighted by atomic mass is 32.1. The van der Waals surface area contributed by atoms with Gasteiger partial charge in [-0.2, -0.15) is 4.99 Å². The molecule has 0 N–H and O–H groups in total. The Balaban J connectivity index is 1.47. The Bertz CT molecular complexity index is 946. The van der Waals surface area contributed by atoms with Crippen LogP contribution in [0.4, 0.5) is 0 Å². The predicted octanol–water partition coefficient (Wildman–Crippen LogP) is 5.82. The van der Waals surface area contributed by atoms with Gasteiger partial charge in [0.15, 0.2) is 0 Å². The molecule has 4 rings (SSSR count). The Morgan fingerprint density at radius 1 is 0.962 bits per heavy atom. The number of hydrogen-bond acceptors (Lipinski definition) is 2. The number of benzene rings is 2. The second-order valence-corrected chi connectivity index (χ2v) is 7.38. The van der Waals surface area contributed by atoms with E-state index in [1.807, 2.05) is 0 Å². The van der Waals surface area contributed by atoms with Crippen molar-refractivity contribution in [3.8, 4) is 11.8 Å². The molecule has 0 aromatic heterocycles. The van der Waals surface area contributed by atoms with Gasteiger partial charge < -0.3 is 0 Å². The van der Waals surface area contributed by atoms with E-state index in [9.17, 15) is 0 Å². The number of isothiocyanates is 1. The van der Waals surface area contributed by atoms with E-state index < -0.39 is 0 Å². The third-order valence-corrected chi connectivity index (χ3v) is 5.45. The summed E-state index contributed by atoms with van der Waals surface area (Å²) in [5.74, 6) is 7.51. The summed E-state index contributed by atoms with van der Waals surface area (Å²) in [5, 5.41) is 2.46. The Kier molecular flexibility index (Phi) is 5.12. The minimum atomic E-state index is 0.909. The van der Waals surface area contributed by atoms with Crippen molar-refractivity contribution in [2.45, 2.75) is 38.5 Å². The first-order valence-corrected chi connectivity index (χ1v) is 9.73. The van der Waals surface area contributed by atoms with Crippen molar-refractivity contribution < 1.29 is 0 Å². The summed E-state index contributed by atoms with van der Waals surface area (Å²) >= 11 is 4.69. The maximum Gasteiger partial charge on any atom is 0.0637 e. The van der Waals surface area contributed by atoms with Gasteiger partial charge in [0.1, 0.15) is 0 Å². The minimum Gasteiger partial charge on any atom is -0.199 e. The molecular weight excluding hydrogens is 334 g/mol. The molecule has 0 atom stereocenters. The van der Waals surface area contributed by atoms with Gasteiger partial charge in [-0.1, -0.05) is 49.3 Å². The van der Waals surface area contributed by atoms with Crippen molar-refractivity contribution in [1.29, 1.82) is 0 Å². The topological polar surface area (TPSA) is 12.4 Å². The number of allylic oxidation sites excluding steroid dienone is 1. The van der Waals surface area contributed by atoms with Gasteiger partial charge in [0.25, 0.3) is 0 Å². The molecule has 2 heteroatoms. The molecule has 2 aliphatic carbocycles. The van der Waals surface area contributed by atoms with Crippen molar-refractivity contribution in [2.75, 3.05) is 0 Å². The van der Waals surface area contributed by atoms with Gasteiger partial charge in [-0.05, 0) is 84.4 Å². The molecular formula is C24H21NS.